The van der Waals surface area contributed by atoms with Gasteiger partial charge in [-0.2, -0.15) is 0 Å². The van der Waals surface area contributed by atoms with Crippen LogP contribution in [0.4, 0.5) is 28.8 Å². The van der Waals surface area contributed by atoms with Gasteiger partial charge in [0.1, 0.15) is 45.2 Å². The second kappa shape index (κ2) is 27.5. The van der Waals surface area contributed by atoms with E-state index >= 15 is 0 Å². The van der Waals surface area contributed by atoms with Crippen LogP contribution in [0.15, 0.2) is 34.3 Å². The van der Waals surface area contributed by atoms with E-state index in [1.807, 2.05) is 0 Å². The Kier molecular flexibility index (Phi) is 24.3. The molecule has 0 atom stereocenters. The fourth-order valence-electron chi connectivity index (χ4n) is 5.59. The Bertz CT molecular complexity index is 2000. The Hall–Kier alpha value is -6.15. The van der Waals surface area contributed by atoms with Gasteiger partial charge in [0.25, 0.3) is 0 Å². The molecule has 0 heterocycles. The number of nitrogens with one attached hydrogen (secondary N) is 4. The Balaban J connectivity index is 3.30. The van der Waals surface area contributed by atoms with E-state index in [1.165, 1.54) is 0 Å². The molecule has 71 heavy (non-hydrogen) atoms. The van der Waals surface area contributed by atoms with Gasteiger partial charge >= 0.3 is 36.6 Å². The minimum Gasteiger partial charge on any atom is -0.494 e. The van der Waals surface area contributed by atoms with Crippen molar-refractivity contribution in [2.24, 2.45) is 9.98 Å². The minimum atomic E-state index is -1.04. The highest BCUT2D eigenvalue weighted by Gasteiger charge is 2.35. The zero-order valence-electron chi connectivity index (χ0n) is 45.7. The quantitative estimate of drug-likeness (QED) is 0.0552. The van der Waals surface area contributed by atoms with Gasteiger partial charge in [-0.15, -0.1) is 9.98 Å². The molecule has 0 bridgehead atoms. The van der Waals surface area contributed by atoms with Crippen molar-refractivity contribution in [3.63, 3.8) is 0 Å². The highest BCUT2D eigenvalue weighted by Crippen LogP contribution is 2.20. The molecule has 0 aliphatic carbocycles. The number of hydrogen-bond acceptors (Lipinski definition) is 14. The smallest absolute Gasteiger partial charge is 0.437 e. The van der Waals surface area contributed by atoms with Crippen LogP contribution < -0.4 is 20.7 Å². The standard InChI is InChI=1S/C50H84N8O13/c1-45(2,3)66-39(59)53-36(51)34-26-28-35(29-27-34)65-33-25-24-32-58(44(64)71-50(16,17)18)38(56-42(62)69-48(10,11)12)57(43(63)70-49(13,14)15)31-23-21-19-20-22-30-52-37(54-40(60)67-46(4,5)6)55-41(61)68-47(7,8)9/h26-29H,19-25,30-33H2,1-18H3,(H2,51,53,59)(H2,52,54,55,60,61)/b56-38+. The number of rotatable bonds is 15. The number of amides is 6. The third-order valence-electron chi connectivity index (χ3n) is 8.18. The van der Waals surface area contributed by atoms with Gasteiger partial charge in [-0.25, -0.2) is 38.6 Å². The second-order valence-corrected chi connectivity index (χ2v) is 22.5. The molecule has 0 spiro atoms. The fourth-order valence-corrected chi connectivity index (χ4v) is 5.59. The van der Waals surface area contributed by atoms with Crippen LogP contribution in [-0.2, 0) is 28.4 Å². The lowest BCUT2D eigenvalue weighted by Gasteiger charge is -2.34. The molecule has 1 aromatic rings. The summed E-state index contributed by atoms with van der Waals surface area (Å²) in [7, 11) is 0. The fraction of sp³-hybridized carbons (Fsp3) is 0.700. The minimum absolute atomic E-state index is 0.00947. The van der Waals surface area contributed by atoms with Crippen molar-refractivity contribution in [1.29, 1.82) is 5.41 Å². The molecule has 4 N–H and O–H groups in total. The van der Waals surface area contributed by atoms with Crippen LogP contribution >= 0.6 is 0 Å². The molecule has 21 nitrogen and oxygen atoms in total. The summed E-state index contributed by atoms with van der Waals surface area (Å²) in [6.45, 7) is 31.0. The second-order valence-electron chi connectivity index (χ2n) is 22.5. The maximum Gasteiger partial charge on any atom is 0.437 e. The van der Waals surface area contributed by atoms with E-state index in [-0.39, 0.29) is 37.5 Å². The molecule has 0 unspecified atom stereocenters. The van der Waals surface area contributed by atoms with E-state index in [1.54, 1.807) is 149 Å². The summed E-state index contributed by atoms with van der Waals surface area (Å²) in [5.74, 6) is -0.105. The van der Waals surface area contributed by atoms with E-state index in [2.05, 4.69) is 25.9 Å². The number of alkyl carbamates (subject to hydrolysis) is 2. The summed E-state index contributed by atoms with van der Waals surface area (Å²) >= 11 is 0. The van der Waals surface area contributed by atoms with E-state index in [4.69, 9.17) is 38.6 Å². The Morgan fingerprint density at radius 3 is 1.34 bits per heavy atom. The SMILES string of the molecule is CC(C)(C)OC(=O)/N=C(/NCCCCCCCN(C(=O)OC(C)(C)C)/C(=N\C(=O)OC(C)(C)C)N(CCCCOc1ccc(C(=N)NC(=O)OC(C)(C)C)cc1)C(=O)OC(C)(C)C)NC(=O)OC(C)(C)C. The molecule has 0 fully saturated rings. The molecule has 0 aliphatic heterocycles. The molecule has 21 heteroatoms. The van der Waals surface area contributed by atoms with Crippen LogP contribution in [0.2, 0.25) is 0 Å². The third kappa shape index (κ3) is 30.9. The Morgan fingerprint density at radius 1 is 0.493 bits per heavy atom. The predicted octanol–water partition coefficient (Wildman–Crippen LogP) is 10.8. The summed E-state index contributed by atoms with van der Waals surface area (Å²) in [6.07, 6.45) is -1.51. The summed E-state index contributed by atoms with van der Waals surface area (Å²) in [6, 6.07) is 6.55. The van der Waals surface area contributed by atoms with Crippen LogP contribution in [0.25, 0.3) is 0 Å². The topological polar surface area (TPSA) is 258 Å². The van der Waals surface area contributed by atoms with Gasteiger partial charge in [-0.3, -0.25) is 16.0 Å². The van der Waals surface area contributed by atoms with E-state index in [0.29, 0.717) is 62.8 Å². The van der Waals surface area contributed by atoms with Crippen molar-refractivity contribution < 1.29 is 61.9 Å². The van der Waals surface area contributed by atoms with Crippen molar-refractivity contribution in [3.05, 3.63) is 29.8 Å². The average molecular weight is 1010 g/mol. The van der Waals surface area contributed by atoms with E-state index in [9.17, 15) is 28.8 Å². The van der Waals surface area contributed by atoms with Crippen molar-refractivity contribution in [3.8, 4) is 5.75 Å². The molecule has 402 valence electrons. The number of hydrogen-bond donors (Lipinski definition) is 4. The Morgan fingerprint density at radius 2 is 0.887 bits per heavy atom. The predicted molar refractivity (Wildman–Crippen MR) is 271 cm³/mol. The summed E-state index contributed by atoms with van der Waals surface area (Å²) < 4.78 is 38.9. The van der Waals surface area contributed by atoms with Crippen LogP contribution in [0, 0.1) is 5.41 Å². The van der Waals surface area contributed by atoms with Gasteiger partial charge < -0.3 is 38.5 Å². The van der Waals surface area contributed by atoms with E-state index < -0.39 is 70.2 Å². The molecule has 0 saturated heterocycles. The number of guanidine groups is 2. The van der Waals surface area contributed by atoms with Gasteiger partial charge in [-0.05, 0) is 175 Å². The zero-order chi connectivity index (χ0) is 54.6. The third-order valence-corrected chi connectivity index (χ3v) is 8.18. The molecule has 1 aromatic carbocycles. The Labute approximate surface area is 421 Å². The summed E-state index contributed by atoms with van der Waals surface area (Å²) in [5.41, 5.74) is -4.79. The van der Waals surface area contributed by atoms with Crippen LogP contribution in [0.1, 0.15) is 175 Å². The highest BCUT2D eigenvalue weighted by molar-refractivity contribution is 6.05. The average Bonchev–Trinajstić information content (AvgIpc) is 3.13. The maximum atomic E-state index is 14.1. The van der Waals surface area contributed by atoms with Gasteiger partial charge in [0.15, 0.2) is 0 Å². The van der Waals surface area contributed by atoms with Gasteiger partial charge in [-0.1, -0.05) is 19.3 Å². The number of aliphatic imine (C=N–C) groups is 2. The number of amidine groups is 1. The summed E-state index contributed by atoms with van der Waals surface area (Å²) in [5, 5.41) is 16.1. The summed E-state index contributed by atoms with van der Waals surface area (Å²) in [4.78, 5) is 89.2. The first-order valence-electron chi connectivity index (χ1n) is 24.0. The monoisotopic (exact) mass is 1000 g/mol. The van der Waals surface area contributed by atoms with Crippen LogP contribution in [0.3, 0.4) is 0 Å². The normalized spacial score (nSPS) is 12.7. The van der Waals surface area contributed by atoms with Gasteiger partial charge in [0, 0.05) is 25.2 Å². The molecule has 1 rings (SSSR count). The largest absolute Gasteiger partial charge is 0.494 e. The number of carbonyl (C=O) groups is 6. The van der Waals surface area contributed by atoms with Crippen molar-refractivity contribution in [2.45, 2.75) is 203 Å². The number of ether oxygens (including phenoxy) is 7. The van der Waals surface area contributed by atoms with Gasteiger partial charge in [0.2, 0.25) is 11.9 Å². The van der Waals surface area contributed by atoms with Gasteiger partial charge in [0.05, 0.1) is 6.61 Å². The maximum absolute atomic E-state index is 14.1. The van der Waals surface area contributed by atoms with E-state index in [0.717, 1.165) is 9.80 Å². The lowest BCUT2D eigenvalue weighted by molar-refractivity contribution is 0.0268. The molecular formula is C50H84N8O13. The molecule has 0 aromatic heterocycles. The first kappa shape index (κ1) is 62.9. The lowest BCUT2D eigenvalue weighted by Crippen LogP contribution is -2.53. The van der Waals surface area contributed by atoms with Crippen LogP contribution in [0.5, 0.6) is 5.75 Å². The number of carbonyl (C=O) groups excluding carboxylic acids is 6. The molecule has 0 saturated carbocycles. The van der Waals surface area contributed by atoms with Crippen LogP contribution in [-0.4, -0.2) is 124 Å². The zero-order valence-corrected chi connectivity index (χ0v) is 45.7. The number of nitrogens with zero attached hydrogens (tertiary/aromatic N) is 4. The lowest BCUT2D eigenvalue weighted by atomic mass is 10.1. The highest BCUT2D eigenvalue weighted by atomic mass is 16.6. The van der Waals surface area contributed by atoms with Crippen molar-refractivity contribution >= 4 is 54.3 Å². The molecule has 6 amide bonds. The molecule has 0 radical (unpaired) electrons. The van der Waals surface area contributed by atoms with Crippen molar-refractivity contribution in [1.82, 2.24) is 25.8 Å². The number of benzene rings is 1. The first-order valence-corrected chi connectivity index (χ1v) is 24.0. The first-order chi connectivity index (χ1) is 32.3. The molecule has 0 aliphatic rings. The van der Waals surface area contributed by atoms with Crippen molar-refractivity contribution in [2.75, 3.05) is 26.2 Å². The number of unbranched alkanes of at least 4 members (excludes halogenated alkanes) is 5. The molecular weight excluding hydrogens is 921 g/mol.